The van der Waals surface area contributed by atoms with E-state index in [0.29, 0.717) is 62.9 Å². The van der Waals surface area contributed by atoms with Crippen LogP contribution in [0.15, 0.2) is 29.1 Å². The van der Waals surface area contributed by atoms with Crippen molar-refractivity contribution in [1.82, 2.24) is 24.5 Å². The minimum absolute atomic E-state index is 0.0634. The molecular weight excluding hydrogens is 563 g/mol. The van der Waals surface area contributed by atoms with E-state index in [1.807, 2.05) is 24.8 Å². The van der Waals surface area contributed by atoms with Crippen molar-refractivity contribution in [3.05, 3.63) is 56.7 Å². The van der Waals surface area contributed by atoms with Crippen molar-refractivity contribution < 1.29 is 22.7 Å². The molecule has 2 aromatic heterocycles. The van der Waals surface area contributed by atoms with Crippen molar-refractivity contribution in [2.75, 3.05) is 43.1 Å². The zero-order valence-electron chi connectivity index (χ0n) is 22.5. The number of amides is 1. The molecule has 14 heteroatoms. The SMILES string of the molecule is C[C@@H]1CN(c2c3n(c4nc(C5=CCOCC5)nn4c2=O)[C@H](C(=O)Nc2ccc(C(F)(F)F)cc2Cl)C[C@@H]3C)CCN1. The molecule has 1 aromatic carbocycles. The van der Waals surface area contributed by atoms with Gasteiger partial charge in [-0.05, 0) is 43.5 Å². The molecule has 0 aliphatic carbocycles. The summed E-state index contributed by atoms with van der Waals surface area (Å²) in [4.78, 5) is 34.5. The third-order valence-electron chi connectivity index (χ3n) is 7.85. The molecule has 3 aliphatic heterocycles. The van der Waals surface area contributed by atoms with Crippen LogP contribution >= 0.6 is 11.6 Å². The first-order chi connectivity index (χ1) is 19.5. The average Bonchev–Trinajstić information content (AvgIpc) is 3.52. The summed E-state index contributed by atoms with van der Waals surface area (Å²) in [5.41, 5.74) is 0.884. The third-order valence-corrected chi connectivity index (χ3v) is 8.16. The zero-order valence-corrected chi connectivity index (χ0v) is 23.2. The summed E-state index contributed by atoms with van der Waals surface area (Å²) in [6.45, 7) is 6.82. The van der Waals surface area contributed by atoms with Crippen LogP contribution < -0.4 is 21.1 Å². The van der Waals surface area contributed by atoms with Crippen LogP contribution in [0.3, 0.4) is 0 Å². The summed E-state index contributed by atoms with van der Waals surface area (Å²) in [5, 5.41) is 10.4. The van der Waals surface area contributed by atoms with Gasteiger partial charge >= 0.3 is 6.18 Å². The Labute approximate surface area is 238 Å². The number of nitrogens with zero attached hydrogens (tertiary/aromatic N) is 5. The van der Waals surface area contributed by atoms with Crippen molar-refractivity contribution in [1.29, 1.82) is 0 Å². The number of piperazine rings is 1. The first-order valence-electron chi connectivity index (χ1n) is 13.5. The Morgan fingerprint density at radius 2 is 2.07 bits per heavy atom. The molecule has 5 heterocycles. The highest BCUT2D eigenvalue weighted by atomic mass is 35.5. The maximum Gasteiger partial charge on any atom is 0.416 e. The van der Waals surface area contributed by atoms with E-state index >= 15 is 0 Å². The van der Waals surface area contributed by atoms with Crippen LogP contribution in [0.1, 0.15) is 55.7 Å². The van der Waals surface area contributed by atoms with Gasteiger partial charge in [0, 0.05) is 31.6 Å². The Balaban J connectivity index is 1.46. The zero-order chi connectivity index (χ0) is 29.1. The molecule has 1 fully saturated rings. The van der Waals surface area contributed by atoms with Crippen molar-refractivity contribution in [2.24, 2.45) is 0 Å². The lowest BCUT2D eigenvalue weighted by atomic mass is 10.0. The molecule has 3 aliphatic rings. The Morgan fingerprint density at radius 1 is 1.27 bits per heavy atom. The highest BCUT2D eigenvalue weighted by molar-refractivity contribution is 6.33. The lowest BCUT2D eigenvalue weighted by Crippen LogP contribution is -2.51. The van der Waals surface area contributed by atoms with Crippen LogP contribution in [0.25, 0.3) is 11.4 Å². The Hall–Kier alpha value is -3.42. The fourth-order valence-corrected chi connectivity index (χ4v) is 6.12. The predicted molar refractivity (Wildman–Crippen MR) is 147 cm³/mol. The number of aromatic nitrogens is 4. The molecular formula is C27H29ClF3N7O3. The van der Waals surface area contributed by atoms with Crippen molar-refractivity contribution in [2.45, 2.75) is 50.9 Å². The number of fused-ring (bicyclic) bond motifs is 3. The van der Waals surface area contributed by atoms with Gasteiger partial charge in [0.2, 0.25) is 11.7 Å². The maximum atomic E-state index is 14.0. The number of anilines is 2. The first kappa shape index (κ1) is 27.7. The van der Waals surface area contributed by atoms with Crippen LogP contribution in [0.5, 0.6) is 0 Å². The molecule has 2 N–H and O–H groups in total. The number of hydrogen-bond acceptors (Lipinski definition) is 7. The predicted octanol–water partition coefficient (Wildman–Crippen LogP) is 3.85. The number of ether oxygens (including phenoxy) is 1. The normalized spacial score (nSPS) is 23.0. The summed E-state index contributed by atoms with van der Waals surface area (Å²) in [6, 6.07) is 2.15. The second-order valence-corrected chi connectivity index (χ2v) is 11.2. The molecule has 1 amide bonds. The summed E-state index contributed by atoms with van der Waals surface area (Å²) < 4.78 is 47.9. The second-order valence-electron chi connectivity index (χ2n) is 10.7. The number of rotatable bonds is 4. The molecule has 0 bridgehead atoms. The molecule has 0 unspecified atom stereocenters. The average molecular weight is 592 g/mol. The van der Waals surface area contributed by atoms with E-state index in [-0.39, 0.29) is 34.0 Å². The van der Waals surface area contributed by atoms with Gasteiger partial charge in [0.15, 0.2) is 5.82 Å². The molecule has 10 nitrogen and oxygen atoms in total. The highest BCUT2D eigenvalue weighted by Gasteiger charge is 2.40. The number of carbonyl (C=O) groups excluding carboxylic acids is 1. The smallest absolute Gasteiger partial charge is 0.377 e. The monoisotopic (exact) mass is 591 g/mol. The molecule has 1 saturated heterocycles. The van der Waals surface area contributed by atoms with Crippen LogP contribution in [0, 0.1) is 0 Å². The molecule has 0 spiro atoms. The van der Waals surface area contributed by atoms with Gasteiger partial charge < -0.3 is 20.3 Å². The van der Waals surface area contributed by atoms with Gasteiger partial charge in [-0.1, -0.05) is 24.6 Å². The van der Waals surface area contributed by atoms with E-state index in [0.717, 1.165) is 23.8 Å². The lowest BCUT2D eigenvalue weighted by Gasteiger charge is -2.34. The van der Waals surface area contributed by atoms with E-state index in [1.54, 1.807) is 4.57 Å². The number of carbonyl (C=O) groups is 1. The van der Waals surface area contributed by atoms with Crippen LogP contribution in [0.4, 0.5) is 24.5 Å². The minimum Gasteiger partial charge on any atom is -0.377 e. The van der Waals surface area contributed by atoms with Gasteiger partial charge in [0.1, 0.15) is 11.7 Å². The second kappa shape index (κ2) is 10.4. The van der Waals surface area contributed by atoms with Crippen LogP contribution in [-0.4, -0.2) is 64.0 Å². The number of hydrogen-bond donors (Lipinski definition) is 2. The molecule has 0 radical (unpaired) electrons. The summed E-state index contributed by atoms with van der Waals surface area (Å²) in [6.07, 6.45) is -1.73. The van der Waals surface area contributed by atoms with Crippen molar-refractivity contribution in [3.8, 4) is 0 Å². The van der Waals surface area contributed by atoms with Crippen LogP contribution in [0.2, 0.25) is 5.02 Å². The largest absolute Gasteiger partial charge is 0.416 e. The molecule has 3 aromatic rings. The van der Waals surface area contributed by atoms with E-state index in [4.69, 9.17) is 21.3 Å². The van der Waals surface area contributed by atoms with Gasteiger partial charge in [-0.3, -0.25) is 14.2 Å². The lowest BCUT2D eigenvalue weighted by molar-refractivity contribution is -0.137. The molecule has 3 atom stereocenters. The number of alkyl halides is 3. The van der Waals surface area contributed by atoms with Gasteiger partial charge in [0.05, 0.1) is 35.2 Å². The fraction of sp³-hybridized carbons (Fsp3) is 0.481. The summed E-state index contributed by atoms with van der Waals surface area (Å²) >= 11 is 6.14. The highest BCUT2D eigenvalue weighted by Crippen LogP contribution is 2.42. The molecule has 41 heavy (non-hydrogen) atoms. The van der Waals surface area contributed by atoms with E-state index in [2.05, 4.69) is 15.7 Å². The topological polar surface area (TPSA) is 106 Å². The van der Waals surface area contributed by atoms with Gasteiger partial charge in [-0.2, -0.15) is 22.7 Å². The number of nitrogens with one attached hydrogen (secondary N) is 2. The maximum absolute atomic E-state index is 14.0. The molecule has 218 valence electrons. The number of benzene rings is 1. The summed E-state index contributed by atoms with van der Waals surface area (Å²) in [7, 11) is 0. The first-order valence-corrected chi connectivity index (χ1v) is 13.9. The minimum atomic E-state index is -4.56. The van der Waals surface area contributed by atoms with Gasteiger partial charge in [-0.25, -0.2) is 0 Å². The Morgan fingerprint density at radius 3 is 2.76 bits per heavy atom. The van der Waals surface area contributed by atoms with E-state index in [1.165, 1.54) is 4.52 Å². The number of halogens is 4. The Bertz CT molecular complexity index is 1620. The Kier molecular flexibility index (Phi) is 7.07. The van der Waals surface area contributed by atoms with Gasteiger partial charge in [0.25, 0.3) is 5.56 Å². The van der Waals surface area contributed by atoms with Gasteiger partial charge in [-0.15, -0.1) is 5.10 Å². The van der Waals surface area contributed by atoms with E-state index < -0.39 is 23.7 Å². The quantitative estimate of drug-likeness (QED) is 0.475. The van der Waals surface area contributed by atoms with E-state index in [9.17, 15) is 22.8 Å². The molecule has 0 saturated carbocycles. The standard InChI is InChI=1S/C27H29ClF3N7O3/c1-14-11-20(24(39)33-19-4-3-17(12-18(19)28)27(29,30)31)37-21(14)22(36-8-7-32-15(2)13-36)25(40)38-26(37)34-23(35-38)16-5-9-41-10-6-16/h3-5,12,14-15,20,32H,6-11,13H2,1-2H3,(H,33,39)/t14-,15+,20-/m0/s1. The summed E-state index contributed by atoms with van der Waals surface area (Å²) in [5.74, 6) is -0.0239. The van der Waals surface area contributed by atoms with Crippen molar-refractivity contribution >= 4 is 40.2 Å². The van der Waals surface area contributed by atoms with Crippen molar-refractivity contribution in [3.63, 3.8) is 0 Å². The third kappa shape index (κ3) is 4.99. The van der Waals surface area contributed by atoms with Crippen LogP contribution in [-0.2, 0) is 15.7 Å². The molecule has 6 rings (SSSR count). The fourth-order valence-electron chi connectivity index (χ4n) is 5.89.